The second-order valence-corrected chi connectivity index (χ2v) is 4.66. The lowest BCUT2D eigenvalue weighted by atomic mass is 10.2. The van der Waals surface area contributed by atoms with E-state index in [-0.39, 0.29) is 5.57 Å². The molecule has 0 aliphatic carbocycles. The molecule has 0 bridgehead atoms. The smallest absolute Gasteiger partial charge is 0.262 e. The average molecular weight is 290 g/mol. The molecule has 7 nitrogen and oxygen atoms in total. The van der Waals surface area contributed by atoms with E-state index in [9.17, 15) is 4.79 Å². The molecule has 0 radical (unpaired) electrons. The van der Waals surface area contributed by atoms with Gasteiger partial charge in [-0.1, -0.05) is 0 Å². The zero-order valence-electron chi connectivity index (χ0n) is 12.0. The van der Waals surface area contributed by atoms with E-state index in [2.05, 4.69) is 15.2 Å². The summed E-state index contributed by atoms with van der Waals surface area (Å²) >= 11 is 0. The predicted molar refractivity (Wildman–Crippen MR) is 75.1 cm³/mol. The Morgan fingerprint density at radius 3 is 2.95 bits per heavy atom. The molecule has 7 heteroatoms. The number of hydrogen-bond acceptors (Lipinski definition) is 6. The third-order valence-electron chi connectivity index (χ3n) is 3.11. The molecule has 0 unspecified atom stereocenters. The van der Waals surface area contributed by atoms with Crippen molar-refractivity contribution in [2.75, 3.05) is 39.4 Å². The van der Waals surface area contributed by atoms with Gasteiger partial charge in [-0.05, 0) is 0 Å². The molecule has 0 aromatic carbocycles. The van der Waals surface area contributed by atoms with Gasteiger partial charge in [-0.25, -0.2) is 4.98 Å². The molecule has 1 N–H and O–H groups in total. The van der Waals surface area contributed by atoms with Crippen LogP contribution >= 0.6 is 0 Å². The maximum Gasteiger partial charge on any atom is 0.262 e. The van der Waals surface area contributed by atoms with Crippen LogP contribution in [0.5, 0.6) is 0 Å². The molecule has 1 aromatic heterocycles. The SMILES string of the molecule is Cc1ncc(/C=C(/C#N)C(=O)NCCN2CCOCC2)o1. The van der Waals surface area contributed by atoms with E-state index in [0.29, 0.717) is 18.2 Å². The first-order valence-corrected chi connectivity index (χ1v) is 6.81. The average Bonchev–Trinajstić information content (AvgIpc) is 2.91. The number of nitrogens with one attached hydrogen (secondary N) is 1. The minimum Gasteiger partial charge on any atom is -0.442 e. The molecule has 21 heavy (non-hydrogen) atoms. The Hall–Kier alpha value is -2.17. The van der Waals surface area contributed by atoms with Crippen LogP contribution in [0.2, 0.25) is 0 Å². The molecular formula is C14H18N4O3. The molecule has 0 saturated carbocycles. The van der Waals surface area contributed by atoms with Crippen molar-refractivity contribution in [2.24, 2.45) is 0 Å². The van der Waals surface area contributed by atoms with Crippen molar-refractivity contribution < 1.29 is 13.9 Å². The number of carbonyl (C=O) groups excluding carboxylic acids is 1. The number of nitrogens with zero attached hydrogens (tertiary/aromatic N) is 3. The molecule has 1 amide bonds. The van der Waals surface area contributed by atoms with Crippen LogP contribution < -0.4 is 5.32 Å². The first-order valence-electron chi connectivity index (χ1n) is 6.81. The van der Waals surface area contributed by atoms with Gasteiger partial charge in [0.2, 0.25) is 0 Å². The fourth-order valence-corrected chi connectivity index (χ4v) is 1.98. The maximum atomic E-state index is 11.9. The zero-order chi connectivity index (χ0) is 15.1. The lowest BCUT2D eigenvalue weighted by Gasteiger charge is -2.26. The van der Waals surface area contributed by atoms with Gasteiger partial charge in [-0.3, -0.25) is 9.69 Å². The zero-order valence-corrected chi connectivity index (χ0v) is 12.0. The highest BCUT2D eigenvalue weighted by Crippen LogP contribution is 2.08. The molecule has 2 heterocycles. The third kappa shape index (κ3) is 4.70. The Morgan fingerprint density at radius 1 is 1.57 bits per heavy atom. The molecule has 0 atom stereocenters. The second-order valence-electron chi connectivity index (χ2n) is 4.66. The molecule has 1 aromatic rings. The van der Waals surface area contributed by atoms with Crippen molar-refractivity contribution in [3.8, 4) is 6.07 Å². The molecule has 0 spiro atoms. The van der Waals surface area contributed by atoms with Crippen LogP contribution in [0, 0.1) is 18.3 Å². The van der Waals surface area contributed by atoms with E-state index in [1.165, 1.54) is 12.3 Å². The summed E-state index contributed by atoms with van der Waals surface area (Å²) in [5.41, 5.74) is 0.00753. The van der Waals surface area contributed by atoms with Gasteiger partial charge in [0.15, 0.2) is 5.89 Å². The monoisotopic (exact) mass is 290 g/mol. The Kier molecular flexibility index (Phi) is 5.49. The summed E-state index contributed by atoms with van der Waals surface area (Å²) < 4.78 is 10.5. The fourth-order valence-electron chi connectivity index (χ4n) is 1.98. The van der Waals surface area contributed by atoms with Crippen molar-refractivity contribution in [1.82, 2.24) is 15.2 Å². The van der Waals surface area contributed by atoms with Crippen LogP contribution in [-0.4, -0.2) is 55.2 Å². The Bertz CT molecular complexity index is 553. The van der Waals surface area contributed by atoms with Gasteiger partial charge < -0.3 is 14.5 Å². The van der Waals surface area contributed by atoms with E-state index in [1.54, 1.807) is 6.92 Å². The van der Waals surface area contributed by atoms with Crippen LogP contribution in [0.25, 0.3) is 6.08 Å². The Labute approximate surface area is 123 Å². The van der Waals surface area contributed by atoms with Crippen molar-refractivity contribution in [1.29, 1.82) is 5.26 Å². The molecule has 1 aliphatic heterocycles. The number of ether oxygens (including phenoxy) is 1. The number of carbonyl (C=O) groups is 1. The Morgan fingerprint density at radius 2 is 2.33 bits per heavy atom. The second kappa shape index (κ2) is 7.57. The highest BCUT2D eigenvalue weighted by molar-refractivity contribution is 6.01. The van der Waals surface area contributed by atoms with Gasteiger partial charge >= 0.3 is 0 Å². The number of aromatic nitrogens is 1. The van der Waals surface area contributed by atoms with E-state index >= 15 is 0 Å². The summed E-state index contributed by atoms with van der Waals surface area (Å²) in [5, 5.41) is 11.8. The summed E-state index contributed by atoms with van der Waals surface area (Å²) in [6, 6.07) is 1.88. The summed E-state index contributed by atoms with van der Waals surface area (Å²) in [6.07, 6.45) is 2.87. The summed E-state index contributed by atoms with van der Waals surface area (Å²) in [5.74, 6) is 0.485. The van der Waals surface area contributed by atoms with Crippen molar-refractivity contribution in [3.63, 3.8) is 0 Å². The number of hydrogen-bond donors (Lipinski definition) is 1. The number of aryl methyl sites for hydroxylation is 1. The number of oxazole rings is 1. The summed E-state index contributed by atoms with van der Waals surface area (Å²) in [7, 11) is 0. The molecule has 1 fully saturated rings. The van der Waals surface area contributed by atoms with Crippen LogP contribution in [0.1, 0.15) is 11.7 Å². The van der Waals surface area contributed by atoms with E-state index in [1.807, 2.05) is 6.07 Å². The highest BCUT2D eigenvalue weighted by atomic mass is 16.5. The van der Waals surface area contributed by atoms with Gasteiger partial charge in [0.25, 0.3) is 5.91 Å². The van der Waals surface area contributed by atoms with E-state index in [0.717, 1.165) is 32.8 Å². The van der Waals surface area contributed by atoms with Gasteiger partial charge in [-0.15, -0.1) is 0 Å². The number of rotatable bonds is 5. The minimum absolute atomic E-state index is 0.00753. The fraction of sp³-hybridized carbons (Fsp3) is 0.500. The molecular weight excluding hydrogens is 272 g/mol. The normalized spacial score (nSPS) is 16.5. The predicted octanol–water partition coefficient (Wildman–Crippen LogP) is 0.338. The van der Waals surface area contributed by atoms with Crippen LogP contribution in [0.15, 0.2) is 16.2 Å². The summed E-state index contributed by atoms with van der Waals surface area (Å²) in [6.45, 7) is 6.13. The summed E-state index contributed by atoms with van der Waals surface area (Å²) in [4.78, 5) is 18.0. The van der Waals surface area contributed by atoms with Crippen LogP contribution in [-0.2, 0) is 9.53 Å². The van der Waals surface area contributed by atoms with Crippen molar-refractivity contribution in [2.45, 2.75) is 6.92 Å². The first-order chi connectivity index (χ1) is 10.2. The largest absolute Gasteiger partial charge is 0.442 e. The molecule has 2 rings (SSSR count). The molecule has 1 aliphatic rings. The maximum absolute atomic E-state index is 11.9. The number of morpholine rings is 1. The number of amides is 1. The lowest BCUT2D eigenvalue weighted by Crippen LogP contribution is -2.41. The van der Waals surface area contributed by atoms with Gasteiger partial charge in [0.05, 0.1) is 19.4 Å². The van der Waals surface area contributed by atoms with Crippen molar-refractivity contribution >= 4 is 12.0 Å². The van der Waals surface area contributed by atoms with Gasteiger partial charge in [0, 0.05) is 39.2 Å². The minimum atomic E-state index is -0.403. The molecule has 112 valence electrons. The first kappa shape index (κ1) is 15.2. The van der Waals surface area contributed by atoms with E-state index in [4.69, 9.17) is 14.4 Å². The molecule has 1 saturated heterocycles. The quantitative estimate of drug-likeness (QED) is 0.621. The highest BCUT2D eigenvalue weighted by Gasteiger charge is 2.12. The third-order valence-corrected chi connectivity index (χ3v) is 3.11. The van der Waals surface area contributed by atoms with Crippen molar-refractivity contribution in [3.05, 3.63) is 23.4 Å². The lowest BCUT2D eigenvalue weighted by molar-refractivity contribution is -0.117. The van der Waals surface area contributed by atoms with Gasteiger partial charge in [-0.2, -0.15) is 5.26 Å². The van der Waals surface area contributed by atoms with Crippen LogP contribution in [0.3, 0.4) is 0 Å². The Balaban J connectivity index is 1.83. The standard InChI is InChI=1S/C14H18N4O3/c1-11-17-10-13(21-11)8-12(9-15)14(19)16-2-3-18-4-6-20-7-5-18/h8,10H,2-7H2,1H3,(H,16,19)/b12-8-. The number of nitriles is 1. The topological polar surface area (TPSA) is 91.4 Å². The van der Waals surface area contributed by atoms with Gasteiger partial charge in [0.1, 0.15) is 17.4 Å². The van der Waals surface area contributed by atoms with E-state index < -0.39 is 5.91 Å². The van der Waals surface area contributed by atoms with Crippen LogP contribution in [0.4, 0.5) is 0 Å².